The first-order valence-corrected chi connectivity index (χ1v) is 6.66. The predicted octanol–water partition coefficient (Wildman–Crippen LogP) is 4.34. The highest BCUT2D eigenvalue weighted by Crippen LogP contribution is 2.15. The Morgan fingerprint density at radius 3 is 2.24 bits per heavy atom. The van der Waals surface area contributed by atoms with Gasteiger partial charge in [0.25, 0.3) is 0 Å². The second-order valence-corrected chi connectivity index (χ2v) is 4.76. The van der Waals surface area contributed by atoms with Crippen LogP contribution in [0.25, 0.3) is 6.08 Å². The number of carbonyl (C=O) groups is 2. The number of rotatable bonds is 5. The van der Waals surface area contributed by atoms with Gasteiger partial charge in [0.15, 0.2) is 11.6 Å². The lowest BCUT2D eigenvalue weighted by Gasteiger charge is -2.04. The molecule has 21 heavy (non-hydrogen) atoms. The zero-order valence-electron chi connectivity index (χ0n) is 11.9. The molecule has 0 heterocycles. The molecule has 0 amide bonds. The number of hydrogen-bond donors (Lipinski definition) is 0. The molecule has 0 atom stereocenters. The fourth-order valence-corrected chi connectivity index (χ4v) is 1.94. The molecule has 0 saturated carbocycles. The smallest absolute Gasteiger partial charge is 0.188 e. The van der Waals surface area contributed by atoms with Crippen LogP contribution in [0, 0.1) is 0 Å². The molecule has 2 heteroatoms. The van der Waals surface area contributed by atoms with Gasteiger partial charge in [-0.2, -0.15) is 0 Å². The van der Waals surface area contributed by atoms with Crippen molar-refractivity contribution in [3.05, 3.63) is 89.5 Å². The normalized spacial score (nSPS) is 10.5. The van der Waals surface area contributed by atoms with E-state index in [9.17, 15) is 9.59 Å². The molecule has 0 bridgehead atoms. The van der Waals surface area contributed by atoms with Gasteiger partial charge in [0, 0.05) is 11.1 Å². The van der Waals surface area contributed by atoms with Crippen molar-refractivity contribution in [1.29, 1.82) is 0 Å². The third-order valence-electron chi connectivity index (χ3n) is 3.07. The molecule has 2 aromatic carbocycles. The van der Waals surface area contributed by atoms with E-state index < -0.39 is 0 Å². The van der Waals surface area contributed by atoms with Crippen molar-refractivity contribution in [2.24, 2.45) is 0 Å². The van der Waals surface area contributed by atoms with E-state index in [2.05, 4.69) is 6.58 Å². The monoisotopic (exact) mass is 276 g/mol. The van der Waals surface area contributed by atoms with Crippen LogP contribution in [0.3, 0.4) is 0 Å². The fourth-order valence-electron chi connectivity index (χ4n) is 1.94. The number of carbonyl (C=O) groups excluding carboxylic acids is 2. The fraction of sp³-hybridized carbons (Fsp3) is 0.0526. The molecular formula is C19H16O2. The van der Waals surface area contributed by atoms with E-state index in [1.54, 1.807) is 37.3 Å². The molecular weight excluding hydrogens is 260 g/mol. The van der Waals surface area contributed by atoms with Crippen molar-refractivity contribution >= 4 is 17.6 Å². The minimum atomic E-state index is -0.109. The Balaban J connectivity index is 2.28. The quantitative estimate of drug-likeness (QED) is 0.601. The number of hydrogen-bond acceptors (Lipinski definition) is 2. The summed E-state index contributed by atoms with van der Waals surface area (Å²) in [5.74, 6) is -0.199. The molecule has 2 rings (SSSR count). The minimum Gasteiger partial charge on any atom is -0.289 e. The third-order valence-corrected chi connectivity index (χ3v) is 3.07. The lowest BCUT2D eigenvalue weighted by molar-refractivity contribution is 0.103. The van der Waals surface area contributed by atoms with Gasteiger partial charge in [0.1, 0.15) is 0 Å². The van der Waals surface area contributed by atoms with Crippen molar-refractivity contribution in [1.82, 2.24) is 0 Å². The molecule has 0 unspecified atom stereocenters. The summed E-state index contributed by atoms with van der Waals surface area (Å²) in [5.41, 5.74) is 2.37. The predicted molar refractivity (Wildman–Crippen MR) is 85.4 cm³/mol. The maximum Gasteiger partial charge on any atom is 0.188 e. The molecule has 0 aliphatic carbocycles. The van der Waals surface area contributed by atoms with E-state index in [0.29, 0.717) is 16.7 Å². The Hall–Kier alpha value is -2.74. The van der Waals surface area contributed by atoms with Crippen molar-refractivity contribution < 1.29 is 9.59 Å². The van der Waals surface area contributed by atoms with Crippen LogP contribution in [0.1, 0.15) is 33.2 Å². The second-order valence-electron chi connectivity index (χ2n) is 4.76. The summed E-state index contributed by atoms with van der Waals surface area (Å²) in [4.78, 5) is 24.1. The second kappa shape index (κ2) is 6.62. The minimum absolute atomic E-state index is 0.0897. The summed E-state index contributed by atoms with van der Waals surface area (Å²) in [6.07, 6.45) is 3.16. The van der Waals surface area contributed by atoms with Gasteiger partial charge in [0.05, 0.1) is 0 Å². The van der Waals surface area contributed by atoms with Crippen LogP contribution in [-0.2, 0) is 0 Å². The van der Waals surface area contributed by atoms with Crippen LogP contribution in [0.2, 0.25) is 0 Å². The lowest BCUT2D eigenvalue weighted by Crippen LogP contribution is -2.02. The first-order chi connectivity index (χ1) is 10.1. The van der Waals surface area contributed by atoms with Gasteiger partial charge in [-0.05, 0) is 24.1 Å². The molecule has 0 radical (unpaired) electrons. The summed E-state index contributed by atoms with van der Waals surface area (Å²) < 4.78 is 0. The van der Waals surface area contributed by atoms with E-state index in [1.807, 2.05) is 30.3 Å². The molecule has 0 N–H and O–H groups in total. The van der Waals surface area contributed by atoms with E-state index in [-0.39, 0.29) is 11.6 Å². The highest BCUT2D eigenvalue weighted by molar-refractivity contribution is 6.11. The summed E-state index contributed by atoms with van der Waals surface area (Å²) in [6, 6.07) is 16.2. The van der Waals surface area contributed by atoms with Gasteiger partial charge in [0.2, 0.25) is 0 Å². The molecule has 0 saturated heterocycles. The molecule has 0 aliphatic heterocycles. The van der Waals surface area contributed by atoms with Crippen LogP contribution in [0.4, 0.5) is 0 Å². The molecule has 0 fully saturated rings. The Morgan fingerprint density at radius 1 is 0.952 bits per heavy atom. The summed E-state index contributed by atoms with van der Waals surface area (Å²) in [6.45, 7) is 5.35. The first-order valence-electron chi connectivity index (χ1n) is 6.66. The first kappa shape index (κ1) is 14.7. The Bertz CT molecular complexity index is 709. The third kappa shape index (κ3) is 3.63. The average molecular weight is 276 g/mol. The highest BCUT2D eigenvalue weighted by atomic mass is 16.1. The van der Waals surface area contributed by atoms with Gasteiger partial charge in [-0.15, -0.1) is 0 Å². The zero-order valence-corrected chi connectivity index (χ0v) is 11.9. The van der Waals surface area contributed by atoms with Gasteiger partial charge in [-0.25, -0.2) is 0 Å². The van der Waals surface area contributed by atoms with Crippen LogP contribution >= 0.6 is 0 Å². The lowest BCUT2D eigenvalue weighted by atomic mass is 9.99. The van der Waals surface area contributed by atoms with E-state index >= 15 is 0 Å². The van der Waals surface area contributed by atoms with Crippen LogP contribution in [-0.4, -0.2) is 11.6 Å². The molecule has 0 aliphatic rings. The van der Waals surface area contributed by atoms with Crippen molar-refractivity contribution in [2.45, 2.75) is 6.92 Å². The molecule has 2 nitrogen and oxygen atoms in total. The number of ketones is 2. The van der Waals surface area contributed by atoms with Crippen LogP contribution in [0.15, 0.2) is 72.8 Å². The van der Waals surface area contributed by atoms with E-state index in [1.165, 1.54) is 6.08 Å². The van der Waals surface area contributed by atoms with Gasteiger partial charge in [-0.3, -0.25) is 9.59 Å². The van der Waals surface area contributed by atoms with E-state index in [0.717, 1.165) is 5.56 Å². The Morgan fingerprint density at radius 2 is 1.57 bits per heavy atom. The SMILES string of the molecule is C=C(C)C(=O)c1ccccc1C=CC(=O)c1ccccc1. The van der Waals surface area contributed by atoms with Crippen LogP contribution in [0.5, 0.6) is 0 Å². The zero-order chi connectivity index (χ0) is 15.2. The summed E-state index contributed by atoms with van der Waals surface area (Å²) in [7, 11) is 0. The average Bonchev–Trinajstić information content (AvgIpc) is 2.53. The maximum absolute atomic E-state index is 12.1. The van der Waals surface area contributed by atoms with Gasteiger partial charge in [-0.1, -0.05) is 67.3 Å². The molecule has 0 spiro atoms. The number of benzene rings is 2. The maximum atomic E-state index is 12.1. The topological polar surface area (TPSA) is 34.1 Å². The van der Waals surface area contributed by atoms with Gasteiger partial charge < -0.3 is 0 Å². The van der Waals surface area contributed by atoms with Crippen LogP contribution < -0.4 is 0 Å². The summed E-state index contributed by atoms with van der Waals surface area (Å²) in [5, 5.41) is 0. The standard InChI is InChI=1S/C19H16O2/c1-14(2)19(21)17-11-7-6-8-15(17)12-13-18(20)16-9-4-3-5-10-16/h3-13H,1H2,2H3. The van der Waals surface area contributed by atoms with Crippen molar-refractivity contribution in [2.75, 3.05) is 0 Å². The largest absolute Gasteiger partial charge is 0.289 e. The van der Waals surface area contributed by atoms with Crippen molar-refractivity contribution in [3.63, 3.8) is 0 Å². The highest BCUT2D eigenvalue weighted by Gasteiger charge is 2.10. The Labute approximate surface area is 124 Å². The van der Waals surface area contributed by atoms with E-state index in [4.69, 9.17) is 0 Å². The number of Topliss-reactive ketones (excluding diaryl/α,β-unsaturated/α-hetero) is 1. The molecule has 0 aromatic heterocycles. The van der Waals surface area contributed by atoms with Crippen molar-refractivity contribution in [3.8, 4) is 0 Å². The summed E-state index contributed by atoms with van der Waals surface area (Å²) >= 11 is 0. The molecule has 104 valence electrons. The van der Waals surface area contributed by atoms with Gasteiger partial charge >= 0.3 is 0 Å². The number of allylic oxidation sites excluding steroid dienone is 2. The Kier molecular flexibility index (Phi) is 4.62. The molecule has 2 aromatic rings.